The minimum absolute atomic E-state index is 0.0964. The van der Waals surface area contributed by atoms with Crippen molar-refractivity contribution in [2.45, 2.75) is 50.6 Å². The molecule has 160 valence electrons. The van der Waals surface area contributed by atoms with E-state index < -0.39 is 11.6 Å². The third-order valence-corrected chi connectivity index (χ3v) is 7.08. The summed E-state index contributed by atoms with van der Waals surface area (Å²) in [6, 6.07) is 4.66. The lowest BCUT2D eigenvalue weighted by atomic mass is 9.78. The number of fused-ring (bicyclic) bond motifs is 2. The number of anilines is 1. The summed E-state index contributed by atoms with van der Waals surface area (Å²) in [4.78, 5) is 15.0. The van der Waals surface area contributed by atoms with Gasteiger partial charge in [0.25, 0.3) is 0 Å². The fourth-order valence-electron chi connectivity index (χ4n) is 5.65. The van der Waals surface area contributed by atoms with E-state index in [1.807, 2.05) is 0 Å². The summed E-state index contributed by atoms with van der Waals surface area (Å²) >= 11 is 0. The SMILES string of the molecule is O=C(Nc1ccn[nH]1)NC1CCCCC1N1CC2Cc3cc(F)c(F)cc3CC2C1. The van der Waals surface area contributed by atoms with Crippen molar-refractivity contribution in [3.8, 4) is 0 Å². The van der Waals surface area contributed by atoms with Crippen LogP contribution < -0.4 is 10.6 Å². The van der Waals surface area contributed by atoms with Crippen LogP contribution in [0.3, 0.4) is 0 Å². The van der Waals surface area contributed by atoms with Gasteiger partial charge in [0, 0.05) is 31.2 Å². The van der Waals surface area contributed by atoms with Gasteiger partial charge in [-0.05, 0) is 60.8 Å². The lowest BCUT2D eigenvalue weighted by molar-refractivity contribution is 0.145. The van der Waals surface area contributed by atoms with Gasteiger partial charge in [0.1, 0.15) is 5.82 Å². The summed E-state index contributed by atoms with van der Waals surface area (Å²) in [5, 5.41) is 12.5. The van der Waals surface area contributed by atoms with Crippen molar-refractivity contribution in [2.24, 2.45) is 11.8 Å². The summed E-state index contributed by atoms with van der Waals surface area (Å²) in [5.74, 6) is 0.000509. The number of aromatic amines is 1. The summed E-state index contributed by atoms with van der Waals surface area (Å²) in [5.41, 5.74) is 1.91. The highest BCUT2D eigenvalue weighted by Gasteiger charge is 2.42. The standard InChI is InChI=1S/C22H27F2N5O/c23-17-9-13-7-15-11-29(12-16(15)8-14(13)10-18(17)24)20-4-2-1-3-19(20)26-22(30)27-21-5-6-25-28-21/h5-6,9-10,15-16,19-20H,1-4,7-8,11-12H2,(H3,25,26,27,28,30). The average molecular weight is 415 g/mol. The molecule has 3 N–H and O–H groups in total. The van der Waals surface area contributed by atoms with Crippen molar-refractivity contribution in [2.75, 3.05) is 18.4 Å². The summed E-state index contributed by atoms with van der Waals surface area (Å²) < 4.78 is 27.4. The molecule has 2 aromatic rings. The van der Waals surface area contributed by atoms with E-state index in [-0.39, 0.29) is 12.1 Å². The van der Waals surface area contributed by atoms with Gasteiger partial charge >= 0.3 is 6.03 Å². The molecule has 2 amide bonds. The Bertz CT molecular complexity index is 880. The maximum Gasteiger partial charge on any atom is 0.320 e. The molecular formula is C22H27F2N5O. The smallest absolute Gasteiger partial charge is 0.320 e. The maximum absolute atomic E-state index is 13.7. The number of H-pyrrole nitrogens is 1. The first-order chi connectivity index (χ1) is 14.6. The molecule has 2 fully saturated rings. The Labute approximate surface area is 174 Å². The predicted molar refractivity (Wildman–Crippen MR) is 109 cm³/mol. The van der Waals surface area contributed by atoms with Crippen LogP contribution in [0.15, 0.2) is 24.4 Å². The van der Waals surface area contributed by atoms with E-state index in [4.69, 9.17) is 0 Å². The van der Waals surface area contributed by atoms with Crippen molar-refractivity contribution in [3.05, 3.63) is 47.2 Å². The van der Waals surface area contributed by atoms with Gasteiger partial charge in [0.15, 0.2) is 11.6 Å². The molecule has 6 nitrogen and oxygen atoms in total. The van der Waals surface area contributed by atoms with Crippen LogP contribution in [0.2, 0.25) is 0 Å². The number of carbonyl (C=O) groups is 1. The van der Waals surface area contributed by atoms with Gasteiger partial charge in [-0.25, -0.2) is 13.6 Å². The van der Waals surface area contributed by atoms with Crippen molar-refractivity contribution in [3.63, 3.8) is 0 Å². The number of nitrogens with one attached hydrogen (secondary N) is 3. The zero-order valence-corrected chi connectivity index (χ0v) is 16.8. The van der Waals surface area contributed by atoms with Crippen molar-refractivity contribution in [1.82, 2.24) is 20.4 Å². The second kappa shape index (κ2) is 7.98. The van der Waals surface area contributed by atoms with Crippen LogP contribution in [0.25, 0.3) is 0 Å². The Morgan fingerprint density at radius 1 is 1.07 bits per heavy atom. The molecule has 0 spiro atoms. The van der Waals surface area contributed by atoms with E-state index in [0.717, 1.165) is 62.7 Å². The van der Waals surface area contributed by atoms with Crippen molar-refractivity contribution >= 4 is 11.8 Å². The van der Waals surface area contributed by atoms with Crippen LogP contribution in [0.5, 0.6) is 0 Å². The minimum Gasteiger partial charge on any atom is -0.334 e. The summed E-state index contributed by atoms with van der Waals surface area (Å²) in [6.07, 6.45) is 7.50. The molecule has 1 saturated heterocycles. The lowest BCUT2D eigenvalue weighted by Gasteiger charge is -2.38. The average Bonchev–Trinajstić information content (AvgIpc) is 3.37. The number of aromatic nitrogens is 2. The molecule has 4 atom stereocenters. The van der Waals surface area contributed by atoms with Gasteiger partial charge in [-0.2, -0.15) is 5.10 Å². The minimum atomic E-state index is -0.748. The number of urea groups is 1. The molecule has 1 aromatic carbocycles. The second-order valence-electron chi connectivity index (χ2n) is 8.94. The molecule has 30 heavy (non-hydrogen) atoms. The van der Waals surface area contributed by atoms with E-state index in [2.05, 4.69) is 25.7 Å². The Morgan fingerprint density at radius 2 is 1.73 bits per heavy atom. The molecule has 1 aliphatic heterocycles. The number of rotatable bonds is 3. The first-order valence-electron chi connectivity index (χ1n) is 10.8. The Hall–Kier alpha value is -2.48. The maximum atomic E-state index is 13.7. The van der Waals surface area contributed by atoms with E-state index in [1.165, 1.54) is 12.1 Å². The normalized spacial score (nSPS) is 28.6. The molecule has 2 heterocycles. The molecule has 4 unspecified atom stereocenters. The third-order valence-electron chi connectivity index (χ3n) is 7.08. The van der Waals surface area contributed by atoms with E-state index in [0.29, 0.717) is 23.7 Å². The molecule has 0 bridgehead atoms. The quantitative estimate of drug-likeness (QED) is 0.719. The van der Waals surface area contributed by atoms with Gasteiger partial charge in [-0.1, -0.05) is 12.8 Å². The Kier molecular flexibility index (Phi) is 5.18. The molecule has 8 heteroatoms. The van der Waals surface area contributed by atoms with Gasteiger partial charge < -0.3 is 5.32 Å². The van der Waals surface area contributed by atoms with E-state index >= 15 is 0 Å². The number of carbonyl (C=O) groups excluding carboxylic acids is 1. The number of benzene rings is 1. The fraction of sp³-hybridized carbons (Fsp3) is 0.545. The first kappa shape index (κ1) is 19.5. The highest BCUT2D eigenvalue weighted by Crippen LogP contribution is 2.39. The van der Waals surface area contributed by atoms with Crippen LogP contribution in [0, 0.1) is 23.5 Å². The number of hydrogen-bond donors (Lipinski definition) is 3. The lowest BCUT2D eigenvalue weighted by Crippen LogP contribution is -2.53. The highest BCUT2D eigenvalue weighted by molar-refractivity contribution is 5.88. The molecule has 1 saturated carbocycles. The second-order valence-corrected chi connectivity index (χ2v) is 8.94. The number of nitrogens with zero attached hydrogens (tertiary/aromatic N) is 2. The summed E-state index contributed by atoms with van der Waals surface area (Å²) in [6.45, 7) is 1.90. The van der Waals surface area contributed by atoms with Gasteiger partial charge in [0.2, 0.25) is 0 Å². The van der Waals surface area contributed by atoms with Crippen LogP contribution in [-0.4, -0.2) is 46.3 Å². The molecule has 3 aliphatic rings. The molecule has 5 rings (SSSR count). The van der Waals surface area contributed by atoms with Crippen LogP contribution in [0.4, 0.5) is 19.4 Å². The number of halogens is 2. The zero-order chi connectivity index (χ0) is 20.7. The molecule has 2 aliphatic carbocycles. The fourth-order valence-corrected chi connectivity index (χ4v) is 5.65. The Morgan fingerprint density at radius 3 is 2.37 bits per heavy atom. The van der Waals surface area contributed by atoms with Gasteiger partial charge in [-0.3, -0.25) is 15.3 Å². The zero-order valence-electron chi connectivity index (χ0n) is 16.8. The number of likely N-dealkylation sites (tertiary alicyclic amines) is 1. The number of amides is 2. The highest BCUT2D eigenvalue weighted by atomic mass is 19.2. The van der Waals surface area contributed by atoms with Gasteiger partial charge in [0.05, 0.1) is 6.20 Å². The largest absolute Gasteiger partial charge is 0.334 e. The molecule has 1 aromatic heterocycles. The van der Waals surface area contributed by atoms with Gasteiger partial charge in [-0.15, -0.1) is 0 Å². The summed E-state index contributed by atoms with van der Waals surface area (Å²) in [7, 11) is 0. The Balaban J connectivity index is 1.25. The van der Waals surface area contributed by atoms with E-state index in [1.54, 1.807) is 12.3 Å². The first-order valence-corrected chi connectivity index (χ1v) is 10.8. The van der Waals surface area contributed by atoms with E-state index in [9.17, 15) is 13.6 Å². The van der Waals surface area contributed by atoms with Crippen molar-refractivity contribution < 1.29 is 13.6 Å². The van der Waals surface area contributed by atoms with Crippen LogP contribution >= 0.6 is 0 Å². The predicted octanol–water partition coefficient (Wildman–Crippen LogP) is 3.47. The number of hydrogen-bond acceptors (Lipinski definition) is 3. The topological polar surface area (TPSA) is 73.0 Å². The monoisotopic (exact) mass is 415 g/mol. The third kappa shape index (κ3) is 3.80. The van der Waals surface area contributed by atoms with Crippen LogP contribution in [-0.2, 0) is 12.8 Å². The molecule has 0 radical (unpaired) electrons. The van der Waals surface area contributed by atoms with Crippen molar-refractivity contribution in [1.29, 1.82) is 0 Å². The molecular weight excluding hydrogens is 388 g/mol. The van der Waals surface area contributed by atoms with Crippen LogP contribution in [0.1, 0.15) is 36.8 Å².